The molecular formula is C15H19NO3S2. The fraction of sp³-hybridized carbons (Fsp3) is 0.467. The van der Waals surface area contributed by atoms with Crippen molar-refractivity contribution in [2.45, 2.75) is 31.1 Å². The summed E-state index contributed by atoms with van der Waals surface area (Å²) >= 11 is 3.25. The minimum atomic E-state index is -0.952. The molecule has 1 saturated heterocycles. The van der Waals surface area contributed by atoms with Gasteiger partial charge >= 0.3 is 5.97 Å². The Bertz CT molecular complexity index is 533. The van der Waals surface area contributed by atoms with E-state index in [9.17, 15) is 9.59 Å². The highest BCUT2D eigenvalue weighted by Gasteiger charge is 2.24. The van der Waals surface area contributed by atoms with E-state index in [2.05, 4.69) is 0 Å². The average molecular weight is 325 g/mol. The van der Waals surface area contributed by atoms with Crippen LogP contribution >= 0.6 is 23.1 Å². The summed E-state index contributed by atoms with van der Waals surface area (Å²) in [6, 6.07) is 1.93. The molecule has 0 spiro atoms. The van der Waals surface area contributed by atoms with Gasteiger partial charge in [0.15, 0.2) is 0 Å². The molecule has 1 unspecified atom stereocenters. The van der Waals surface area contributed by atoms with E-state index in [1.54, 1.807) is 22.7 Å². The van der Waals surface area contributed by atoms with Crippen LogP contribution in [-0.2, 0) is 16.1 Å². The number of aliphatic carboxylic acids is 1. The summed E-state index contributed by atoms with van der Waals surface area (Å²) in [6.07, 6.45) is 6.03. The second kappa shape index (κ2) is 7.66. The average Bonchev–Trinajstić information content (AvgIpc) is 2.92. The van der Waals surface area contributed by atoms with E-state index >= 15 is 0 Å². The van der Waals surface area contributed by atoms with Gasteiger partial charge in [-0.2, -0.15) is 0 Å². The molecule has 2 heterocycles. The standard InChI is InChI=1S/C15H19NO3S2/c1-16(15(19)13-4-2-3-7-20-13)9-11-8-12(21-10-11)5-6-14(17)18/h5-6,8,10,13H,2-4,7,9H2,1H3,(H,17,18)/b6-5+. The molecule has 1 aliphatic heterocycles. The molecule has 0 bridgehead atoms. The monoisotopic (exact) mass is 325 g/mol. The van der Waals surface area contributed by atoms with Gasteiger partial charge in [0.1, 0.15) is 0 Å². The third kappa shape index (κ3) is 4.89. The van der Waals surface area contributed by atoms with Crippen molar-refractivity contribution in [2.75, 3.05) is 12.8 Å². The second-order valence-corrected chi connectivity index (χ2v) is 7.33. The van der Waals surface area contributed by atoms with Crippen LogP contribution in [0.5, 0.6) is 0 Å². The van der Waals surface area contributed by atoms with E-state index in [0.29, 0.717) is 6.54 Å². The molecule has 114 valence electrons. The highest BCUT2D eigenvalue weighted by atomic mass is 32.2. The number of thioether (sulfide) groups is 1. The van der Waals surface area contributed by atoms with Crippen LogP contribution in [0.15, 0.2) is 17.5 Å². The summed E-state index contributed by atoms with van der Waals surface area (Å²) in [5, 5.41) is 10.7. The number of carbonyl (C=O) groups is 2. The molecule has 1 aliphatic rings. The SMILES string of the molecule is CN(Cc1csc(/C=C/C(=O)O)c1)C(=O)C1CCCCS1. The molecule has 1 N–H and O–H groups in total. The number of hydrogen-bond acceptors (Lipinski definition) is 4. The lowest BCUT2D eigenvalue weighted by Crippen LogP contribution is -2.35. The smallest absolute Gasteiger partial charge is 0.328 e. The lowest BCUT2D eigenvalue weighted by Gasteiger charge is -2.25. The van der Waals surface area contributed by atoms with E-state index in [1.165, 1.54) is 17.8 Å². The zero-order chi connectivity index (χ0) is 15.2. The Morgan fingerprint density at radius 3 is 2.95 bits per heavy atom. The summed E-state index contributed by atoms with van der Waals surface area (Å²) in [5.41, 5.74) is 1.04. The molecule has 1 aromatic heterocycles. The molecule has 0 saturated carbocycles. The quantitative estimate of drug-likeness (QED) is 0.845. The van der Waals surface area contributed by atoms with E-state index in [1.807, 2.05) is 18.5 Å². The van der Waals surface area contributed by atoms with Crippen molar-refractivity contribution in [1.29, 1.82) is 0 Å². The van der Waals surface area contributed by atoms with E-state index in [0.717, 1.165) is 35.1 Å². The first-order valence-electron chi connectivity index (χ1n) is 6.91. The Hall–Kier alpha value is -1.27. The molecule has 0 aliphatic carbocycles. The van der Waals surface area contributed by atoms with Crippen molar-refractivity contribution >= 4 is 41.1 Å². The minimum Gasteiger partial charge on any atom is -0.478 e. The van der Waals surface area contributed by atoms with Crippen LogP contribution < -0.4 is 0 Å². The van der Waals surface area contributed by atoms with Gasteiger partial charge in [-0.3, -0.25) is 4.79 Å². The van der Waals surface area contributed by atoms with Crippen LogP contribution in [0.25, 0.3) is 6.08 Å². The maximum absolute atomic E-state index is 12.3. The molecule has 21 heavy (non-hydrogen) atoms. The molecule has 0 aromatic carbocycles. The molecule has 0 radical (unpaired) electrons. The number of nitrogens with zero attached hydrogens (tertiary/aromatic N) is 1. The van der Waals surface area contributed by atoms with Gasteiger partial charge in [-0.15, -0.1) is 23.1 Å². The van der Waals surface area contributed by atoms with Gasteiger partial charge in [0.25, 0.3) is 0 Å². The summed E-state index contributed by atoms with van der Waals surface area (Å²) in [5.74, 6) is 0.326. The molecule has 1 atom stereocenters. The number of rotatable bonds is 5. The van der Waals surface area contributed by atoms with Crippen LogP contribution in [0.3, 0.4) is 0 Å². The Labute approximate surface area is 132 Å². The number of carbonyl (C=O) groups excluding carboxylic acids is 1. The van der Waals surface area contributed by atoms with Gasteiger partial charge in [-0.25, -0.2) is 4.79 Å². The van der Waals surface area contributed by atoms with Crippen LogP contribution in [0.1, 0.15) is 29.7 Å². The van der Waals surface area contributed by atoms with Crippen LogP contribution in [0.4, 0.5) is 0 Å². The van der Waals surface area contributed by atoms with Crippen LogP contribution in [0.2, 0.25) is 0 Å². The van der Waals surface area contributed by atoms with Gasteiger partial charge in [0.2, 0.25) is 5.91 Å². The van der Waals surface area contributed by atoms with Gasteiger partial charge in [-0.05, 0) is 41.7 Å². The fourth-order valence-corrected chi connectivity index (χ4v) is 4.36. The van der Waals surface area contributed by atoms with E-state index in [4.69, 9.17) is 5.11 Å². The highest BCUT2D eigenvalue weighted by Crippen LogP contribution is 2.27. The van der Waals surface area contributed by atoms with Crippen molar-refractivity contribution in [3.63, 3.8) is 0 Å². The van der Waals surface area contributed by atoms with Crippen LogP contribution in [-0.4, -0.2) is 39.9 Å². The summed E-state index contributed by atoms with van der Waals surface area (Å²) < 4.78 is 0. The Morgan fingerprint density at radius 2 is 2.29 bits per heavy atom. The first-order chi connectivity index (χ1) is 10.1. The van der Waals surface area contributed by atoms with Crippen LogP contribution in [0, 0.1) is 0 Å². The number of carboxylic acid groups (broad SMARTS) is 1. The fourth-order valence-electron chi connectivity index (χ4n) is 2.25. The molecule has 1 fully saturated rings. The molecule has 1 amide bonds. The molecule has 6 heteroatoms. The van der Waals surface area contributed by atoms with Gasteiger partial charge in [0.05, 0.1) is 5.25 Å². The van der Waals surface area contributed by atoms with Crippen molar-refractivity contribution in [2.24, 2.45) is 0 Å². The predicted octanol–water partition coefficient (Wildman–Crippen LogP) is 3.09. The second-order valence-electron chi connectivity index (χ2n) is 5.08. The zero-order valence-electron chi connectivity index (χ0n) is 11.9. The van der Waals surface area contributed by atoms with Gasteiger partial charge in [0, 0.05) is 24.5 Å². The van der Waals surface area contributed by atoms with Gasteiger partial charge < -0.3 is 10.0 Å². The van der Waals surface area contributed by atoms with Gasteiger partial charge in [-0.1, -0.05) is 6.42 Å². The minimum absolute atomic E-state index is 0.105. The maximum atomic E-state index is 12.3. The highest BCUT2D eigenvalue weighted by molar-refractivity contribution is 8.00. The molecular weight excluding hydrogens is 306 g/mol. The zero-order valence-corrected chi connectivity index (χ0v) is 13.6. The topological polar surface area (TPSA) is 57.6 Å². The van der Waals surface area contributed by atoms with Crippen molar-refractivity contribution < 1.29 is 14.7 Å². The molecule has 2 rings (SSSR count). The normalized spacial score (nSPS) is 18.8. The largest absolute Gasteiger partial charge is 0.478 e. The van der Waals surface area contributed by atoms with Crippen molar-refractivity contribution in [3.8, 4) is 0 Å². The first-order valence-corrected chi connectivity index (χ1v) is 8.84. The summed E-state index contributed by atoms with van der Waals surface area (Å²) in [4.78, 5) is 25.5. The number of hydrogen-bond donors (Lipinski definition) is 1. The van der Waals surface area contributed by atoms with Crippen molar-refractivity contribution in [1.82, 2.24) is 4.90 Å². The number of amides is 1. The van der Waals surface area contributed by atoms with E-state index in [-0.39, 0.29) is 11.2 Å². The Balaban J connectivity index is 1.91. The first kappa shape index (κ1) is 16.1. The Morgan fingerprint density at radius 1 is 1.48 bits per heavy atom. The van der Waals surface area contributed by atoms with E-state index < -0.39 is 5.97 Å². The lowest BCUT2D eigenvalue weighted by atomic mass is 10.1. The number of thiophene rings is 1. The molecule has 4 nitrogen and oxygen atoms in total. The predicted molar refractivity (Wildman–Crippen MR) is 87.6 cm³/mol. The molecule has 1 aromatic rings. The Kier molecular flexibility index (Phi) is 5.87. The third-order valence-electron chi connectivity index (χ3n) is 3.32. The third-order valence-corrected chi connectivity index (χ3v) is 5.63. The number of carboxylic acids is 1. The summed E-state index contributed by atoms with van der Waals surface area (Å²) in [7, 11) is 1.84. The van der Waals surface area contributed by atoms with Crippen molar-refractivity contribution in [3.05, 3.63) is 28.0 Å². The lowest BCUT2D eigenvalue weighted by molar-refractivity contribution is -0.131. The summed E-state index contributed by atoms with van der Waals surface area (Å²) in [6.45, 7) is 0.577. The maximum Gasteiger partial charge on any atom is 0.328 e.